The van der Waals surface area contributed by atoms with Gasteiger partial charge in [0.25, 0.3) is 0 Å². The highest BCUT2D eigenvalue weighted by Crippen LogP contribution is 2.35. The van der Waals surface area contributed by atoms with Crippen molar-refractivity contribution in [1.82, 2.24) is 9.97 Å². The van der Waals surface area contributed by atoms with Crippen molar-refractivity contribution < 1.29 is 4.74 Å². The summed E-state index contributed by atoms with van der Waals surface area (Å²) < 4.78 is 6.05. The first-order valence-corrected chi connectivity index (χ1v) is 7.88. The molecule has 0 saturated carbocycles. The molecule has 2 heterocycles. The third-order valence-electron chi connectivity index (χ3n) is 3.58. The van der Waals surface area contributed by atoms with Crippen LogP contribution >= 0.6 is 15.9 Å². The molecule has 0 fully saturated rings. The molecule has 24 heavy (non-hydrogen) atoms. The molecule has 6 heteroatoms. The molecule has 0 unspecified atom stereocenters. The number of nitrogens with two attached hydrogens (primary N) is 1. The maximum atomic E-state index is 9.47. The maximum Gasteiger partial charge on any atom is 0.142 e. The molecule has 2 N–H and O–H groups in total. The molecule has 3 rings (SSSR count). The van der Waals surface area contributed by atoms with Crippen LogP contribution in [0.4, 0.5) is 5.82 Å². The van der Waals surface area contributed by atoms with Gasteiger partial charge in [-0.15, -0.1) is 0 Å². The summed E-state index contributed by atoms with van der Waals surface area (Å²) in [6.45, 7) is 0. The minimum Gasteiger partial charge on any atom is -0.496 e. The number of ether oxygens (including phenoxy) is 1. The van der Waals surface area contributed by atoms with Crippen molar-refractivity contribution in [3.63, 3.8) is 0 Å². The number of nitriles is 1. The van der Waals surface area contributed by atoms with Crippen molar-refractivity contribution in [1.29, 1.82) is 5.26 Å². The van der Waals surface area contributed by atoms with Gasteiger partial charge in [0.05, 0.1) is 17.3 Å². The fourth-order valence-corrected chi connectivity index (χ4v) is 2.95. The van der Waals surface area contributed by atoms with Crippen LogP contribution in [-0.2, 0) is 0 Å². The lowest BCUT2D eigenvalue weighted by molar-refractivity contribution is 0.412. The topological polar surface area (TPSA) is 84.8 Å². The molecule has 1 aromatic carbocycles. The molecule has 0 bridgehead atoms. The minimum atomic E-state index is 0.195. The molecule has 5 nitrogen and oxygen atoms in total. The summed E-state index contributed by atoms with van der Waals surface area (Å²) in [5, 5.41) is 9.47. The number of benzene rings is 1. The maximum absolute atomic E-state index is 9.47. The van der Waals surface area contributed by atoms with Crippen LogP contribution in [0.1, 0.15) is 5.56 Å². The van der Waals surface area contributed by atoms with Gasteiger partial charge in [0.15, 0.2) is 0 Å². The van der Waals surface area contributed by atoms with Gasteiger partial charge in [-0.25, -0.2) is 4.98 Å². The summed E-state index contributed by atoms with van der Waals surface area (Å²) in [5.41, 5.74) is 9.42. The molecule has 0 aliphatic rings. The van der Waals surface area contributed by atoms with Gasteiger partial charge >= 0.3 is 0 Å². The molecule has 0 atom stereocenters. The van der Waals surface area contributed by atoms with Crippen LogP contribution in [0, 0.1) is 11.3 Å². The molecule has 0 aliphatic heterocycles. The van der Waals surface area contributed by atoms with E-state index in [1.807, 2.05) is 36.4 Å². The number of hydrogen-bond acceptors (Lipinski definition) is 5. The van der Waals surface area contributed by atoms with Gasteiger partial charge in [0.1, 0.15) is 23.2 Å². The number of nitrogen functional groups attached to an aromatic ring is 1. The number of aromatic nitrogens is 2. The number of methoxy groups -OCH3 is 1. The van der Waals surface area contributed by atoms with Crippen LogP contribution in [0.2, 0.25) is 0 Å². The van der Waals surface area contributed by atoms with Gasteiger partial charge < -0.3 is 10.5 Å². The highest BCUT2D eigenvalue weighted by Gasteiger charge is 2.14. The van der Waals surface area contributed by atoms with Gasteiger partial charge in [-0.2, -0.15) is 5.26 Å². The van der Waals surface area contributed by atoms with Crippen molar-refractivity contribution in [2.24, 2.45) is 0 Å². The first-order valence-electron chi connectivity index (χ1n) is 7.09. The monoisotopic (exact) mass is 380 g/mol. The molecular weight excluding hydrogens is 368 g/mol. The molecule has 118 valence electrons. The van der Waals surface area contributed by atoms with Gasteiger partial charge in [0, 0.05) is 23.5 Å². The predicted octanol–water partition coefficient (Wildman–Crippen LogP) is 4.04. The van der Waals surface area contributed by atoms with Crippen molar-refractivity contribution in [2.45, 2.75) is 0 Å². The Labute approximate surface area is 147 Å². The zero-order valence-corrected chi connectivity index (χ0v) is 14.4. The van der Waals surface area contributed by atoms with Crippen molar-refractivity contribution in [2.75, 3.05) is 12.8 Å². The Morgan fingerprint density at radius 3 is 2.67 bits per heavy atom. The van der Waals surface area contributed by atoms with E-state index in [0.717, 1.165) is 15.6 Å². The Morgan fingerprint density at radius 1 is 1.21 bits per heavy atom. The van der Waals surface area contributed by atoms with Crippen LogP contribution in [0.25, 0.3) is 22.4 Å². The zero-order chi connectivity index (χ0) is 17.1. The van der Waals surface area contributed by atoms with Crippen molar-refractivity contribution in [3.05, 3.63) is 58.8 Å². The van der Waals surface area contributed by atoms with Crippen LogP contribution in [0.5, 0.6) is 5.75 Å². The average Bonchev–Trinajstić information content (AvgIpc) is 2.61. The molecule has 0 saturated heterocycles. The second-order valence-corrected chi connectivity index (χ2v) is 5.87. The third-order valence-corrected chi connectivity index (χ3v) is 4.20. The summed E-state index contributed by atoms with van der Waals surface area (Å²) >= 11 is 3.47. The summed E-state index contributed by atoms with van der Waals surface area (Å²) in [4.78, 5) is 8.44. The Hall–Kier alpha value is -2.91. The molecule has 0 amide bonds. The smallest absolute Gasteiger partial charge is 0.142 e. The number of anilines is 1. The fourth-order valence-electron chi connectivity index (χ4n) is 2.41. The highest BCUT2D eigenvalue weighted by atomic mass is 79.9. The van der Waals surface area contributed by atoms with E-state index >= 15 is 0 Å². The molecule has 2 aromatic heterocycles. The quantitative estimate of drug-likeness (QED) is 0.740. The first-order chi connectivity index (χ1) is 11.6. The average molecular weight is 381 g/mol. The first kappa shape index (κ1) is 16.0. The fraction of sp³-hybridized carbons (Fsp3) is 0.0556. The van der Waals surface area contributed by atoms with Gasteiger partial charge in [-0.1, -0.05) is 6.07 Å². The highest BCUT2D eigenvalue weighted by molar-refractivity contribution is 9.10. The molecule has 0 spiro atoms. The van der Waals surface area contributed by atoms with E-state index in [-0.39, 0.29) is 5.82 Å². The second kappa shape index (κ2) is 6.69. The van der Waals surface area contributed by atoms with Crippen molar-refractivity contribution in [3.8, 4) is 34.2 Å². The molecule has 0 radical (unpaired) electrons. The van der Waals surface area contributed by atoms with Gasteiger partial charge in [-0.05, 0) is 51.8 Å². The number of halogens is 1. The Balaban J connectivity index is 2.21. The minimum absolute atomic E-state index is 0.195. The zero-order valence-electron chi connectivity index (χ0n) is 12.8. The lowest BCUT2D eigenvalue weighted by Gasteiger charge is -2.11. The standard InChI is InChI=1S/C18H13BrN4O/c1-24-17-5-4-11(7-15(17)19)13-8-16(12-3-2-6-22-10-12)23-18(21)14(13)9-20/h2-8,10H,1H3,(H2,21,23). The van der Waals surface area contributed by atoms with Crippen LogP contribution < -0.4 is 10.5 Å². The second-order valence-electron chi connectivity index (χ2n) is 5.02. The van der Waals surface area contributed by atoms with Crippen molar-refractivity contribution >= 4 is 21.7 Å². The van der Waals surface area contributed by atoms with Gasteiger partial charge in [0.2, 0.25) is 0 Å². The van der Waals surface area contributed by atoms with Crippen LogP contribution in [0.3, 0.4) is 0 Å². The number of rotatable bonds is 3. The summed E-state index contributed by atoms with van der Waals surface area (Å²) in [5.74, 6) is 0.910. The molecule has 3 aromatic rings. The van der Waals surface area contributed by atoms with Crippen LogP contribution in [-0.4, -0.2) is 17.1 Å². The summed E-state index contributed by atoms with van der Waals surface area (Å²) in [7, 11) is 1.60. The largest absolute Gasteiger partial charge is 0.496 e. The van der Waals surface area contributed by atoms with E-state index in [2.05, 4.69) is 32.0 Å². The Morgan fingerprint density at radius 2 is 2.04 bits per heavy atom. The lowest BCUT2D eigenvalue weighted by atomic mass is 9.99. The van der Waals surface area contributed by atoms with E-state index in [1.165, 1.54) is 0 Å². The number of hydrogen-bond donors (Lipinski definition) is 1. The van der Waals surface area contributed by atoms with E-state index in [4.69, 9.17) is 10.5 Å². The molecule has 0 aliphatic carbocycles. The van der Waals surface area contributed by atoms with E-state index in [0.29, 0.717) is 22.6 Å². The number of nitrogens with zero attached hydrogens (tertiary/aromatic N) is 3. The summed E-state index contributed by atoms with van der Waals surface area (Å²) in [6.07, 6.45) is 3.40. The van der Waals surface area contributed by atoms with E-state index in [1.54, 1.807) is 19.5 Å². The normalized spacial score (nSPS) is 10.2. The Kier molecular flexibility index (Phi) is 4.45. The Bertz CT molecular complexity index is 936. The predicted molar refractivity (Wildman–Crippen MR) is 96.3 cm³/mol. The van der Waals surface area contributed by atoms with E-state index in [9.17, 15) is 5.26 Å². The van der Waals surface area contributed by atoms with Crippen LogP contribution in [0.15, 0.2) is 53.3 Å². The van der Waals surface area contributed by atoms with E-state index < -0.39 is 0 Å². The van der Waals surface area contributed by atoms with Gasteiger partial charge in [-0.3, -0.25) is 4.98 Å². The molecular formula is C18H13BrN4O. The lowest BCUT2D eigenvalue weighted by Crippen LogP contribution is -2.00. The number of pyridine rings is 2. The third kappa shape index (κ3) is 2.94. The SMILES string of the molecule is COc1ccc(-c2cc(-c3cccnc3)nc(N)c2C#N)cc1Br. The summed E-state index contributed by atoms with van der Waals surface area (Å²) in [6, 6.07) is 13.3.